The predicted octanol–water partition coefficient (Wildman–Crippen LogP) is 0.788. The number of nitrogens with one attached hydrogen (secondary N) is 1. The monoisotopic (exact) mass is 311 g/mol. The van der Waals surface area contributed by atoms with E-state index in [0.29, 0.717) is 6.04 Å². The van der Waals surface area contributed by atoms with Gasteiger partial charge in [0.05, 0.1) is 6.54 Å². The van der Waals surface area contributed by atoms with Crippen LogP contribution in [0.4, 0.5) is 13.2 Å². The summed E-state index contributed by atoms with van der Waals surface area (Å²) in [5, 5.41) is 1.91. The van der Waals surface area contributed by atoms with E-state index in [-0.39, 0.29) is 6.54 Å². The third-order valence-corrected chi connectivity index (χ3v) is 4.83. The maximum Gasteiger partial charge on any atom is 0.405 e. The van der Waals surface area contributed by atoms with Crippen molar-refractivity contribution in [2.24, 2.45) is 0 Å². The molecule has 0 aromatic carbocycles. The Hall–Kier alpha value is -0.470. The standard InChI is InChI=1S/C12H20F3N3OS/c13-12(14,15)9-16-11(19)7-17-2-4-18(5-3-17)10-1-6-20-8-10/h10H,1-9H2,(H,16,19)/t10-/m1/s1. The molecule has 2 aliphatic rings. The largest absolute Gasteiger partial charge is 0.405 e. The van der Waals surface area contributed by atoms with E-state index in [1.807, 2.05) is 22.0 Å². The molecule has 0 spiro atoms. The van der Waals surface area contributed by atoms with E-state index in [1.54, 1.807) is 0 Å². The quantitative estimate of drug-likeness (QED) is 0.833. The summed E-state index contributed by atoms with van der Waals surface area (Å²) in [5.41, 5.74) is 0. The Kier molecular flexibility index (Phi) is 5.57. The first-order valence-electron chi connectivity index (χ1n) is 6.81. The second-order valence-electron chi connectivity index (χ2n) is 5.22. The number of amides is 1. The highest BCUT2D eigenvalue weighted by atomic mass is 32.2. The minimum Gasteiger partial charge on any atom is -0.346 e. The zero-order valence-corrected chi connectivity index (χ0v) is 12.1. The van der Waals surface area contributed by atoms with Gasteiger partial charge < -0.3 is 5.32 Å². The molecule has 2 heterocycles. The van der Waals surface area contributed by atoms with Crippen molar-refractivity contribution in [3.63, 3.8) is 0 Å². The van der Waals surface area contributed by atoms with Crippen molar-refractivity contribution in [2.75, 3.05) is 50.8 Å². The van der Waals surface area contributed by atoms with Crippen LogP contribution in [0, 0.1) is 0 Å². The van der Waals surface area contributed by atoms with Crippen molar-refractivity contribution in [2.45, 2.75) is 18.6 Å². The number of nitrogens with zero attached hydrogens (tertiary/aromatic N) is 2. The molecular weight excluding hydrogens is 291 g/mol. The SMILES string of the molecule is O=C(CN1CCN([C@@H]2CCSC2)CC1)NCC(F)(F)F. The molecule has 1 amide bonds. The Morgan fingerprint density at radius 3 is 2.50 bits per heavy atom. The van der Waals surface area contributed by atoms with E-state index in [9.17, 15) is 18.0 Å². The summed E-state index contributed by atoms with van der Waals surface area (Å²) in [6, 6.07) is 0.640. The zero-order chi connectivity index (χ0) is 14.6. The molecule has 4 nitrogen and oxygen atoms in total. The number of carbonyl (C=O) groups is 1. The lowest BCUT2D eigenvalue weighted by atomic mass is 10.2. The van der Waals surface area contributed by atoms with Gasteiger partial charge in [0.2, 0.25) is 5.91 Å². The first-order chi connectivity index (χ1) is 9.44. The smallest absolute Gasteiger partial charge is 0.346 e. The Labute approximate surface area is 121 Å². The van der Waals surface area contributed by atoms with Crippen LogP contribution in [0.25, 0.3) is 0 Å². The third-order valence-electron chi connectivity index (χ3n) is 3.68. The minimum absolute atomic E-state index is 0.0589. The summed E-state index contributed by atoms with van der Waals surface area (Å²) < 4.78 is 35.9. The van der Waals surface area contributed by atoms with Gasteiger partial charge in [0, 0.05) is 38.0 Å². The molecule has 1 atom stereocenters. The van der Waals surface area contributed by atoms with Gasteiger partial charge in [-0.05, 0) is 12.2 Å². The van der Waals surface area contributed by atoms with E-state index in [0.717, 1.165) is 26.2 Å². The summed E-state index contributed by atoms with van der Waals surface area (Å²) in [6.07, 6.45) is -3.12. The number of hydrogen-bond acceptors (Lipinski definition) is 4. The first-order valence-corrected chi connectivity index (χ1v) is 7.97. The fourth-order valence-electron chi connectivity index (χ4n) is 2.55. The molecule has 2 aliphatic heterocycles. The topological polar surface area (TPSA) is 35.6 Å². The first kappa shape index (κ1) is 15.9. The number of halogens is 3. The second-order valence-corrected chi connectivity index (χ2v) is 6.37. The molecule has 0 radical (unpaired) electrons. The van der Waals surface area contributed by atoms with Gasteiger partial charge in [-0.15, -0.1) is 0 Å². The average Bonchev–Trinajstić information content (AvgIpc) is 2.90. The van der Waals surface area contributed by atoms with Crippen LogP contribution in [0.3, 0.4) is 0 Å². The summed E-state index contributed by atoms with van der Waals surface area (Å²) in [4.78, 5) is 15.8. The van der Waals surface area contributed by atoms with Crippen LogP contribution in [0.15, 0.2) is 0 Å². The van der Waals surface area contributed by atoms with Gasteiger partial charge >= 0.3 is 6.18 Å². The van der Waals surface area contributed by atoms with Crippen molar-refractivity contribution >= 4 is 17.7 Å². The average molecular weight is 311 g/mol. The van der Waals surface area contributed by atoms with Gasteiger partial charge in [-0.3, -0.25) is 14.6 Å². The molecule has 2 fully saturated rings. The van der Waals surface area contributed by atoms with Crippen LogP contribution >= 0.6 is 11.8 Å². The Bertz CT molecular complexity index is 326. The van der Waals surface area contributed by atoms with Gasteiger partial charge in [0.25, 0.3) is 0 Å². The number of carbonyl (C=O) groups excluding carboxylic acids is 1. The van der Waals surface area contributed by atoms with Crippen molar-refractivity contribution in [1.29, 1.82) is 0 Å². The Balaban J connectivity index is 1.65. The molecule has 0 aliphatic carbocycles. The van der Waals surface area contributed by atoms with Gasteiger partial charge in [0.15, 0.2) is 0 Å². The molecule has 0 bridgehead atoms. The number of piperazine rings is 1. The molecule has 0 aromatic heterocycles. The van der Waals surface area contributed by atoms with E-state index in [2.05, 4.69) is 4.90 Å². The van der Waals surface area contributed by atoms with Crippen LogP contribution < -0.4 is 5.32 Å². The number of rotatable bonds is 4. The van der Waals surface area contributed by atoms with Crippen molar-refractivity contribution < 1.29 is 18.0 Å². The highest BCUT2D eigenvalue weighted by molar-refractivity contribution is 7.99. The van der Waals surface area contributed by atoms with E-state index in [4.69, 9.17) is 0 Å². The van der Waals surface area contributed by atoms with Crippen LogP contribution in [0.1, 0.15) is 6.42 Å². The molecule has 2 rings (SSSR count). The fourth-order valence-corrected chi connectivity index (χ4v) is 3.81. The lowest BCUT2D eigenvalue weighted by Gasteiger charge is -2.37. The van der Waals surface area contributed by atoms with Gasteiger partial charge in [-0.25, -0.2) is 0 Å². The Morgan fingerprint density at radius 1 is 1.25 bits per heavy atom. The van der Waals surface area contributed by atoms with Gasteiger partial charge in [-0.2, -0.15) is 24.9 Å². The lowest BCUT2D eigenvalue weighted by molar-refractivity contribution is -0.139. The van der Waals surface area contributed by atoms with Crippen LogP contribution in [0.5, 0.6) is 0 Å². The number of thioether (sulfide) groups is 1. The fraction of sp³-hybridized carbons (Fsp3) is 0.917. The zero-order valence-electron chi connectivity index (χ0n) is 11.3. The van der Waals surface area contributed by atoms with Crippen LogP contribution in [-0.4, -0.2) is 78.7 Å². The molecule has 0 aromatic rings. The summed E-state index contributed by atoms with van der Waals surface area (Å²) in [6.45, 7) is 2.12. The molecule has 8 heteroatoms. The third kappa shape index (κ3) is 5.14. The second kappa shape index (κ2) is 7.00. The molecule has 1 N–H and O–H groups in total. The number of alkyl halides is 3. The maximum absolute atomic E-state index is 12.0. The van der Waals surface area contributed by atoms with Crippen molar-refractivity contribution in [3.05, 3.63) is 0 Å². The van der Waals surface area contributed by atoms with Gasteiger partial charge in [-0.1, -0.05) is 0 Å². The molecular formula is C12H20F3N3OS. The molecule has 0 saturated carbocycles. The van der Waals surface area contributed by atoms with Crippen molar-refractivity contribution in [3.8, 4) is 0 Å². The van der Waals surface area contributed by atoms with Crippen LogP contribution in [-0.2, 0) is 4.79 Å². The predicted molar refractivity (Wildman–Crippen MR) is 72.8 cm³/mol. The number of hydrogen-bond donors (Lipinski definition) is 1. The van der Waals surface area contributed by atoms with Crippen LogP contribution in [0.2, 0.25) is 0 Å². The van der Waals surface area contributed by atoms with E-state index in [1.165, 1.54) is 17.9 Å². The molecule has 2 saturated heterocycles. The summed E-state index contributed by atoms with van der Waals surface area (Å²) in [7, 11) is 0. The maximum atomic E-state index is 12.0. The molecule has 20 heavy (non-hydrogen) atoms. The molecule has 116 valence electrons. The normalized spacial score (nSPS) is 25.9. The minimum atomic E-state index is -4.34. The van der Waals surface area contributed by atoms with E-state index < -0.39 is 18.6 Å². The highest BCUT2D eigenvalue weighted by Crippen LogP contribution is 2.23. The van der Waals surface area contributed by atoms with Crippen molar-refractivity contribution in [1.82, 2.24) is 15.1 Å². The highest BCUT2D eigenvalue weighted by Gasteiger charge is 2.29. The molecule has 0 unspecified atom stereocenters. The van der Waals surface area contributed by atoms with E-state index >= 15 is 0 Å². The lowest BCUT2D eigenvalue weighted by Crippen LogP contribution is -2.52. The summed E-state index contributed by atoms with van der Waals surface area (Å²) in [5.74, 6) is 1.84. The van der Waals surface area contributed by atoms with Gasteiger partial charge in [0.1, 0.15) is 6.54 Å². The summed E-state index contributed by atoms with van der Waals surface area (Å²) >= 11 is 1.97. The Morgan fingerprint density at radius 2 is 1.95 bits per heavy atom.